The van der Waals surface area contributed by atoms with Gasteiger partial charge in [0.1, 0.15) is 6.04 Å². The first-order chi connectivity index (χ1) is 18.8. The van der Waals surface area contributed by atoms with Crippen molar-refractivity contribution in [2.75, 3.05) is 6.54 Å². The van der Waals surface area contributed by atoms with Crippen LogP contribution in [0.3, 0.4) is 0 Å². The van der Waals surface area contributed by atoms with Crippen molar-refractivity contribution in [3.8, 4) is 11.1 Å². The van der Waals surface area contributed by atoms with Gasteiger partial charge in [-0.05, 0) is 53.8 Å². The lowest BCUT2D eigenvalue weighted by Crippen LogP contribution is -2.41. The molecule has 3 aromatic rings. The number of benzene rings is 3. The van der Waals surface area contributed by atoms with Crippen molar-refractivity contribution in [1.29, 1.82) is 0 Å². The Bertz CT molecular complexity index is 1490. The van der Waals surface area contributed by atoms with Gasteiger partial charge in [-0.25, -0.2) is 13.2 Å². The number of likely N-dealkylation sites (tertiary alicyclic amines) is 1. The minimum absolute atomic E-state index is 0.138. The van der Waals surface area contributed by atoms with E-state index >= 15 is 0 Å². The zero-order chi connectivity index (χ0) is 29.5. The molecule has 0 unspecified atom stereocenters. The number of carbonyl (C=O) groups is 2. The Morgan fingerprint density at radius 1 is 1.10 bits per heavy atom. The van der Waals surface area contributed by atoms with E-state index in [2.05, 4.69) is 9.82 Å². The molecule has 40 heavy (non-hydrogen) atoms. The second kappa shape index (κ2) is 12.7. The van der Waals surface area contributed by atoms with Crippen LogP contribution in [0.5, 0.6) is 0 Å². The molecule has 1 saturated heterocycles. The molecule has 4 rings (SSSR count). The van der Waals surface area contributed by atoms with Gasteiger partial charge in [0, 0.05) is 13.1 Å². The molecule has 0 aliphatic carbocycles. The van der Waals surface area contributed by atoms with Gasteiger partial charge in [0.15, 0.2) is 0 Å². The smallest absolute Gasteiger partial charge is 0.475 e. The molecule has 0 radical (unpaired) electrons. The maximum absolute atomic E-state index is 12.9. The summed E-state index contributed by atoms with van der Waals surface area (Å²) >= 11 is 0. The highest BCUT2D eigenvalue weighted by Crippen LogP contribution is 2.23. The van der Waals surface area contributed by atoms with Crippen LogP contribution < -0.4 is 10.6 Å². The minimum Gasteiger partial charge on any atom is -0.475 e. The number of rotatable bonds is 7. The molecule has 1 heterocycles. The van der Waals surface area contributed by atoms with Gasteiger partial charge in [0.25, 0.3) is 0 Å². The fourth-order valence-corrected chi connectivity index (χ4v) is 5.21. The van der Waals surface area contributed by atoms with Crippen LogP contribution >= 0.6 is 0 Å². The zero-order valence-corrected chi connectivity index (χ0v) is 22.1. The molecule has 0 saturated carbocycles. The van der Waals surface area contributed by atoms with E-state index in [0.29, 0.717) is 19.5 Å². The number of nitrogens with one attached hydrogen (secondary N) is 1. The highest BCUT2D eigenvalue weighted by atomic mass is 32.2. The van der Waals surface area contributed by atoms with Crippen molar-refractivity contribution in [1.82, 2.24) is 9.62 Å². The Kier molecular flexibility index (Phi) is 9.66. The fraction of sp³-hybridized carbons (Fsp3) is 0.222. The summed E-state index contributed by atoms with van der Waals surface area (Å²) in [6, 6.07) is 21.5. The number of carboxylic acid groups (broad SMARTS) is 1. The predicted octanol–water partition coefficient (Wildman–Crippen LogP) is 3.67. The van der Waals surface area contributed by atoms with E-state index in [0.717, 1.165) is 27.8 Å². The first-order valence-electron chi connectivity index (χ1n) is 11.9. The standard InChI is InChI=1S/C25H26N4O3S.C2HF3O2/c1-18-4-2-7-22(14-18)21-8-10-23(11-9-21)33(31,32)28-24-12-13-29(25(24)30)17-20-6-3-5-19(15-20)16-27-26;3-2(4,5)1(6)7/h2-11,14-16,24,28H,12-13,17,26H2,1H3;(H,6,7)/t24-;/m0./s1. The summed E-state index contributed by atoms with van der Waals surface area (Å²) in [6.45, 7) is 2.89. The summed E-state index contributed by atoms with van der Waals surface area (Å²) in [7, 11) is -3.82. The van der Waals surface area contributed by atoms with Crippen molar-refractivity contribution in [2.24, 2.45) is 10.9 Å². The number of hydrogen-bond acceptors (Lipinski definition) is 6. The molecule has 0 aromatic heterocycles. The van der Waals surface area contributed by atoms with Crippen molar-refractivity contribution in [3.63, 3.8) is 0 Å². The Morgan fingerprint density at radius 2 is 1.75 bits per heavy atom. The SMILES string of the molecule is Cc1cccc(-c2ccc(S(=O)(=O)N[C@H]3CCN(Cc4cccc(C=NN)c4)C3=O)cc2)c1.O=C(O)C(F)(F)F. The molecule has 212 valence electrons. The highest BCUT2D eigenvalue weighted by molar-refractivity contribution is 7.89. The number of nitrogens with two attached hydrogens (primary N) is 1. The number of aryl methyl sites for hydroxylation is 1. The number of carbonyl (C=O) groups excluding carboxylic acids is 1. The molecular formula is C27H27F3N4O5S. The van der Waals surface area contributed by atoms with Crippen LogP contribution in [0.2, 0.25) is 0 Å². The number of halogens is 3. The molecule has 1 aliphatic heterocycles. The van der Waals surface area contributed by atoms with Crippen LogP contribution in [0.25, 0.3) is 11.1 Å². The van der Waals surface area contributed by atoms with Crippen LogP contribution in [-0.2, 0) is 26.2 Å². The van der Waals surface area contributed by atoms with Gasteiger partial charge < -0.3 is 15.8 Å². The van der Waals surface area contributed by atoms with Crippen LogP contribution in [-0.4, -0.2) is 55.3 Å². The molecule has 0 spiro atoms. The molecule has 1 aliphatic rings. The predicted molar refractivity (Wildman–Crippen MR) is 143 cm³/mol. The average molecular weight is 577 g/mol. The van der Waals surface area contributed by atoms with E-state index in [1.165, 1.54) is 6.21 Å². The number of alkyl halides is 3. The quantitative estimate of drug-likeness (QED) is 0.223. The number of carboxylic acids is 1. The van der Waals surface area contributed by atoms with Crippen molar-refractivity contribution < 1.29 is 36.3 Å². The summed E-state index contributed by atoms with van der Waals surface area (Å²) in [6.07, 6.45) is -3.13. The minimum atomic E-state index is -5.08. The lowest BCUT2D eigenvalue weighted by Gasteiger charge is -2.17. The van der Waals surface area contributed by atoms with Crippen molar-refractivity contribution in [3.05, 3.63) is 89.5 Å². The fourth-order valence-electron chi connectivity index (χ4n) is 3.99. The second-order valence-electron chi connectivity index (χ2n) is 8.94. The summed E-state index contributed by atoms with van der Waals surface area (Å²) in [5.41, 5.74) is 4.86. The van der Waals surface area contributed by atoms with Gasteiger partial charge in [-0.15, -0.1) is 0 Å². The number of hydrazone groups is 1. The molecule has 1 amide bonds. The molecule has 3 aromatic carbocycles. The first kappa shape index (κ1) is 30.3. The summed E-state index contributed by atoms with van der Waals surface area (Å²) in [5, 5.41) is 10.6. The van der Waals surface area contributed by atoms with Crippen LogP contribution in [0, 0.1) is 6.92 Å². The molecule has 9 nitrogen and oxygen atoms in total. The topological polar surface area (TPSA) is 142 Å². The monoisotopic (exact) mass is 576 g/mol. The number of hydrogen-bond donors (Lipinski definition) is 3. The Hall–Kier alpha value is -4.23. The van der Waals surface area contributed by atoms with E-state index in [4.69, 9.17) is 15.7 Å². The largest absolute Gasteiger partial charge is 0.490 e. The van der Waals surface area contributed by atoms with Crippen LogP contribution in [0.4, 0.5) is 13.2 Å². The van der Waals surface area contributed by atoms with Crippen LogP contribution in [0.15, 0.2) is 82.8 Å². The maximum atomic E-state index is 12.9. The molecule has 1 atom stereocenters. The molecule has 1 fully saturated rings. The van der Waals surface area contributed by atoms with E-state index in [9.17, 15) is 26.4 Å². The average Bonchev–Trinajstić information content (AvgIpc) is 3.22. The van der Waals surface area contributed by atoms with Crippen molar-refractivity contribution in [2.45, 2.75) is 37.0 Å². The van der Waals surface area contributed by atoms with Crippen molar-refractivity contribution >= 4 is 28.1 Å². The molecule has 13 heteroatoms. The third-order valence-electron chi connectivity index (χ3n) is 5.90. The zero-order valence-electron chi connectivity index (χ0n) is 21.3. The number of sulfonamides is 1. The van der Waals surface area contributed by atoms with E-state index in [1.807, 2.05) is 55.5 Å². The second-order valence-corrected chi connectivity index (χ2v) is 10.7. The van der Waals surface area contributed by atoms with Gasteiger partial charge >= 0.3 is 12.1 Å². The molecule has 4 N–H and O–H groups in total. The lowest BCUT2D eigenvalue weighted by atomic mass is 10.0. The molecular weight excluding hydrogens is 549 g/mol. The lowest BCUT2D eigenvalue weighted by molar-refractivity contribution is -0.192. The van der Waals surface area contributed by atoms with E-state index in [1.54, 1.807) is 29.2 Å². The van der Waals surface area contributed by atoms with E-state index < -0.39 is 28.2 Å². The third-order valence-corrected chi connectivity index (χ3v) is 7.39. The van der Waals surface area contributed by atoms with Gasteiger partial charge in [-0.3, -0.25) is 4.79 Å². The Balaban J connectivity index is 0.000000559. The normalized spacial score (nSPS) is 15.7. The summed E-state index contributed by atoms with van der Waals surface area (Å²) in [5.74, 6) is 2.22. The van der Waals surface area contributed by atoms with Gasteiger partial charge in [-0.2, -0.15) is 23.0 Å². The Morgan fingerprint density at radius 3 is 2.35 bits per heavy atom. The highest BCUT2D eigenvalue weighted by Gasteiger charge is 2.38. The number of amides is 1. The third kappa shape index (κ3) is 8.13. The summed E-state index contributed by atoms with van der Waals surface area (Å²) < 4.78 is 60.1. The number of nitrogens with zero attached hydrogens (tertiary/aromatic N) is 2. The summed E-state index contributed by atoms with van der Waals surface area (Å²) in [4.78, 5) is 23.5. The maximum Gasteiger partial charge on any atom is 0.490 e. The van der Waals surface area contributed by atoms with Gasteiger partial charge in [-0.1, -0.05) is 60.2 Å². The van der Waals surface area contributed by atoms with E-state index in [-0.39, 0.29) is 10.8 Å². The molecule has 0 bridgehead atoms. The van der Waals surface area contributed by atoms with Gasteiger partial charge in [0.2, 0.25) is 15.9 Å². The number of aliphatic carboxylic acids is 1. The Labute approximate surface area is 229 Å². The van der Waals surface area contributed by atoms with Gasteiger partial charge in [0.05, 0.1) is 11.1 Å². The van der Waals surface area contributed by atoms with Crippen LogP contribution in [0.1, 0.15) is 23.1 Å². The first-order valence-corrected chi connectivity index (χ1v) is 13.4.